The van der Waals surface area contributed by atoms with Crippen LogP contribution in [0.3, 0.4) is 0 Å². The summed E-state index contributed by atoms with van der Waals surface area (Å²) in [5.74, 6) is 0.0385. The predicted octanol–water partition coefficient (Wildman–Crippen LogP) is 1.43. The van der Waals surface area contributed by atoms with Crippen LogP contribution in [0, 0.1) is 5.41 Å². The minimum atomic E-state index is -0.676. The van der Waals surface area contributed by atoms with E-state index >= 15 is 0 Å². The molecule has 1 unspecified atom stereocenters. The quantitative estimate of drug-likeness (QED) is 0.840. The molecule has 3 rings (SSSR count). The lowest BCUT2D eigenvalue weighted by Gasteiger charge is -2.29. The number of ether oxygens (including phenoxy) is 1. The third-order valence-corrected chi connectivity index (χ3v) is 5.03. The van der Waals surface area contributed by atoms with Gasteiger partial charge in [0.1, 0.15) is 6.04 Å². The van der Waals surface area contributed by atoms with Gasteiger partial charge in [-0.1, -0.05) is 20.8 Å². The average molecular weight is 377 g/mol. The van der Waals surface area contributed by atoms with Crippen molar-refractivity contribution in [1.29, 1.82) is 0 Å². The smallest absolute Gasteiger partial charge is 0.272 e. The Bertz CT molecular complexity index is 807. The Morgan fingerprint density at radius 2 is 2.15 bits per heavy atom. The summed E-state index contributed by atoms with van der Waals surface area (Å²) in [6.07, 6.45) is 1.71. The second-order valence-corrected chi connectivity index (χ2v) is 8.05. The molecule has 9 heteroatoms. The van der Waals surface area contributed by atoms with Gasteiger partial charge in [0, 0.05) is 25.2 Å². The van der Waals surface area contributed by atoms with Gasteiger partial charge in [-0.3, -0.25) is 9.59 Å². The van der Waals surface area contributed by atoms with Gasteiger partial charge < -0.3 is 19.9 Å². The second kappa shape index (κ2) is 7.16. The van der Waals surface area contributed by atoms with E-state index in [-0.39, 0.29) is 17.5 Å². The summed E-state index contributed by atoms with van der Waals surface area (Å²) in [5, 5.41) is 8.07. The van der Waals surface area contributed by atoms with Gasteiger partial charge in [0.05, 0.1) is 18.9 Å². The van der Waals surface area contributed by atoms with Crippen LogP contribution in [-0.4, -0.2) is 46.0 Å². The summed E-state index contributed by atoms with van der Waals surface area (Å²) in [6, 6.07) is -0.676. The zero-order valence-electron chi connectivity index (χ0n) is 15.3. The van der Waals surface area contributed by atoms with Crippen LogP contribution in [0.25, 0.3) is 10.8 Å². The van der Waals surface area contributed by atoms with Gasteiger partial charge in [-0.25, -0.2) is 9.97 Å². The number of carbonyl (C=O) groups is 2. The zero-order valence-corrected chi connectivity index (χ0v) is 16.1. The SMILES string of the molecule is CNC(=O)C(NC(=O)c1nc(-c2nccs2)n2c1COCC2)C(C)(C)C. The molecule has 0 fully saturated rings. The maximum absolute atomic E-state index is 12.9. The van der Waals surface area contributed by atoms with E-state index in [4.69, 9.17) is 4.74 Å². The number of likely N-dealkylation sites (N-methyl/N-ethyl adjacent to an activating group) is 1. The van der Waals surface area contributed by atoms with Crippen LogP contribution in [0.15, 0.2) is 11.6 Å². The lowest BCUT2D eigenvalue weighted by atomic mass is 9.86. The lowest BCUT2D eigenvalue weighted by Crippen LogP contribution is -2.53. The Balaban J connectivity index is 1.96. The van der Waals surface area contributed by atoms with Crippen LogP contribution >= 0.6 is 11.3 Å². The summed E-state index contributed by atoms with van der Waals surface area (Å²) in [7, 11) is 1.56. The molecule has 1 aliphatic rings. The Labute approximate surface area is 156 Å². The van der Waals surface area contributed by atoms with E-state index in [9.17, 15) is 9.59 Å². The van der Waals surface area contributed by atoms with Crippen molar-refractivity contribution < 1.29 is 14.3 Å². The molecule has 2 aromatic rings. The van der Waals surface area contributed by atoms with Crippen molar-refractivity contribution in [2.45, 2.75) is 40.0 Å². The fourth-order valence-electron chi connectivity index (χ4n) is 2.90. The highest BCUT2D eigenvalue weighted by molar-refractivity contribution is 7.13. The van der Waals surface area contributed by atoms with E-state index in [0.29, 0.717) is 31.3 Å². The Hall–Kier alpha value is -2.26. The fraction of sp³-hybridized carbons (Fsp3) is 0.529. The van der Waals surface area contributed by atoms with Gasteiger partial charge in [-0.05, 0) is 5.41 Å². The van der Waals surface area contributed by atoms with Crippen LogP contribution in [0.2, 0.25) is 0 Å². The molecule has 2 amide bonds. The number of hydrogen-bond acceptors (Lipinski definition) is 6. The van der Waals surface area contributed by atoms with Crippen LogP contribution in [0.4, 0.5) is 0 Å². The highest BCUT2D eigenvalue weighted by atomic mass is 32.1. The lowest BCUT2D eigenvalue weighted by molar-refractivity contribution is -0.124. The average Bonchev–Trinajstić information content (AvgIpc) is 3.25. The zero-order chi connectivity index (χ0) is 18.9. The first-order chi connectivity index (χ1) is 12.3. The van der Waals surface area contributed by atoms with Crippen LogP contribution in [-0.2, 0) is 22.7 Å². The molecule has 8 nitrogen and oxygen atoms in total. The minimum absolute atomic E-state index is 0.240. The molecule has 2 aromatic heterocycles. The molecule has 0 aromatic carbocycles. The van der Waals surface area contributed by atoms with Gasteiger partial charge in [-0.15, -0.1) is 11.3 Å². The number of aromatic nitrogens is 3. The highest BCUT2D eigenvalue weighted by Crippen LogP contribution is 2.27. The van der Waals surface area contributed by atoms with Crippen LogP contribution in [0.5, 0.6) is 0 Å². The van der Waals surface area contributed by atoms with Crippen molar-refractivity contribution >= 4 is 23.2 Å². The topological polar surface area (TPSA) is 98.1 Å². The molecular formula is C17H23N5O3S. The van der Waals surface area contributed by atoms with E-state index in [1.165, 1.54) is 11.3 Å². The Morgan fingerprint density at radius 1 is 1.38 bits per heavy atom. The number of nitrogens with zero attached hydrogens (tertiary/aromatic N) is 3. The molecule has 0 spiro atoms. The van der Waals surface area contributed by atoms with E-state index in [2.05, 4.69) is 20.6 Å². The molecule has 0 bridgehead atoms. The highest BCUT2D eigenvalue weighted by Gasteiger charge is 2.34. The molecule has 0 radical (unpaired) electrons. The fourth-order valence-corrected chi connectivity index (χ4v) is 3.53. The number of rotatable bonds is 4. The van der Waals surface area contributed by atoms with Crippen molar-refractivity contribution in [1.82, 2.24) is 25.2 Å². The molecule has 3 heterocycles. The van der Waals surface area contributed by atoms with E-state index < -0.39 is 11.5 Å². The van der Waals surface area contributed by atoms with Crippen molar-refractivity contribution in [3.05, 3.63) is 23.0 Å². The summed E-state index contributed by atoms with van der Waals surface area (Å²) < 4.78 is 7.50. The van der Waals surface area contributed by atoms with Crippen molar-refractivity contribution in [3.63, 3.8) is 0 Å². The third-order valence-electron chi connectivity index (χ3n) is 4.26. The standard InChI is InChI=1S/C17H23N5O3S/c1-17(2,3)12(15(24)18-4)21-14(23)11-10-9-25-7-6-22(10)13(20-11)16-19-5-8-26-16/h5,8,12H,6-7,9H2,1-4H3,(H,18,24)(H,21,23). The molecule has 1 aliphatic heterocycles. The van der Waals surface area contributed by atoms with Crippen LogP contribution < -0.4 is 10.6 Å². The van der Waals surface area contributed by atoms with Crippen molar-refractivity contribution in [2.75, 3.05) is 13.7 Å². The number of thiazole rings is 1. The van der Waals surface area contributed by atoms with Gasteiger partial charge >= 0.3 is 0 Å². The number of amides is 2. The maximum Gasteiger partial charge on any atom is 0.272 e. The minimum Gasteiger partial charge on any atom is -0.373 e. The summed E-state index contributed by atoms with van der Waals surface area (Å²) in [5.41, 5.74) is 0.557. The van der Waals surface area contributed by atoms with Crippen molar-refractivity contribution in [3.8, 4) is 10.8 Å². The maximum atomic E-state index is 12.9. The first-order valence-electron chi connectivity index (χ1n) is 8.42. The molecule has 2 N–H and O–H groups in total. The molecular weight excluding hydrogens is 354 g/mol. The van der Waals surface area contributed by atoms with Gasteiger partial charge in [-0.2, -0.15) is 0 Å². The van der Waals surface area contributed by atoms with Gasteiger partial charge in [0.25, 0.3) is 5.91 Å². The van der Waals surface area contributed by atoms with Gasteiger partial charge in [0.2, 0.25) is 5.91 Å². The third kappa shape index (κ3) is 3.49. The largest absolute Gasteiger partial charge is 0.373 e. The summed E-state index contributed by atoms with van der Waals surface area (Å²) in [4.78, 5) is 34.0. The Kier molecular flexibility index (Phi) is 5.10. The van der Waals surface area contributed by atoms with Crippen LogP contribution in [0.1, 0.15) is 37.0 Å². The first-order valence-corrected chi connectivity index (χ1v) is 9.30. The van der Waals surface area contributed by atoms with E-state index in [1.54, 1.807) is 13.2 Å². The Morgan fingerprint density at radius 3 is 2.77 bits per heavy atom. The molecule has 0 aliphatic carbocycles. The molecule has 1 atom stereocenters. The normalized spacial score (nSPS) is 15.2. The molecule has 140 valence electrons. The first kappa shape index (κ1) is 18.5. The van der Waals surface area contributed by atoms with Gasteiger partial charge in [0.15, 0.2) is 16.5 Å². The van der Waals surface area contributed by atoms with E-state index in [0.717, 1.165) is 5.01 Å². The number of hydrogen-bond donors (Lipinski definition) is 2. The second-order valence-electron chi connectivity index (χ2n) is 7.16. The molecule has 0 saturated carbocycles. The predicted molar refractivity (Wildman–Crippen MR) is 97.8 cm³/mol. The molecule has 0 saturated heterocycles. The molecule has 26 heavy (non-hydrogen) atoms. The summed E-state index contributed by atoms with van der Waals surface area (Å²) >= 11 is 1.47. The summed E-state index contributed by atoms with van der Waals surface area (Å²) in [6.45, 7) is 7.19. The number of imidazole rings is 1. The number of fused-ring (bicyclic) bond motifs is 1. The monoisotopic (exact) mass is 377 g/mol. The van der Waals surface area contributed by atoms with Crippen molar-refractivity contribution in [2.24, 2.45) is 5.41 Å². The van der Waals surface area contributed by atoms with E-state index in [1.807, 2.05) is 30.7 Å². The number of nitrogens with one attached hydrogen (secondary N) is 2. The number of carbonyl (C=O) groups excluding carboxylic acids is 2.